The second-order valence-electron chi connectivity index (χ2n) is 7.17. The van der Waals surface area contributed by atoms with Gasteiger partial charge in [-0.25, -0.2) is 0 Å². The van der Waals surface area contributed by atoms with Gasteiger partial charge in [0.05, 0.1) is 31.8 Å². The van der Waals surface area contributed by atoms with Crippen molar-refractivity contribution in [2.24, 2.45) is 0 Å². The fraction of sp³-hybridized carbons (Fsp3) is 0.304. The molecule has 0 atom stereocenters. The summed E-state index contributed by atoms with van der Waals surface area (Å²) in [5, 5.41) is 3.93. The normalized spacial score (nSPS) is 13.9. The van der Waals surface area contributed by atoms with Crippen LogP contribution in [0.25, 0.3) is 10.9 Å². The van der Waals surface area contributed by atoms with E-state index in [1.807, 2.05) is 64.2 Å². The van der Waals surface area contributed by atoms with Crippen LogP contribution in [0.1, 0.15) is 0 Å². The number of para-hydroxylation sites is 3. The first kappa shape index (κ1) is 21.3. The minimum Gasteiger partial charge on any atom is -0.495 e. The molecule has 162 valence electrons. The summed E-state index contributed by atoms with van der Waals surface area (Å²) in [7, 11) is 1.58. The van der Waals surface area contributed by atoms with E-state index < -0.39 is 0 Å². The molecule has 1 N–H and O–H groups in total. The molecule has 0 radical (unpaired) electrons. The topological polar surface area (TPSA) is 72.8 Å². The number of thioether (sulfide) groups is 1. The number of ether oxygens (including phenoxy) is 2. The molecule has 4 rings (SSSR count). The van der Waals surface area contributed by atoms with Crippen LogP contribution >= 0.6 is 11.8 Å². The second-order valence-corrected chi connectivity index (χ2v) is 8.19. The molecule has 0 unspecified atom stereocenters. The Morgan fingerprint density at radius 1 is 1.10 bits per heavy atom. The number of methoxy groups -OCH3 is 1. The molecule has 1 saturated heterocycles. The summed E-state index contributed by atoms with van der Waals surface area (Å²) in [6, 6.07) is 15.3. The van der Waals surface area contributed by atoms with Gasteiger partial charge in [0, 0.05) is 35.1 Å². The van der Waals surface area contributed by atoms with E-state index in [9.17, 15) is 9.59 Å². The van der Waals surface area contributed by atoms with Crippen LogP contribution in [0.3, 0.4) is 0 Å². The lowest BCUT2D eigenvalue weighted by Gasteiger charge is -2.27. The summed E-state index contributed by atoms with van der Waals surface area (Å²) in [6.45, 7) is 2.70. The molecule has 2 aromatic carbocycles. The lowest BCUT2D eigenvalue weighted by atomic mass is 10.2. The Morgan fingerprint density at radius 3 is 2.65 bits per heavy atom. The molecule has 1 fully saturated rings. The molecular formula is C23H25N3O4S. The number of hydrogen-bond acceptors (Lipinski definition) is 5. The van der Waals surface area contributed by atoms with Crippen LogP contribution < -0.4 is 10.1 Å². The maximum atomic E-state index is 12.7. The van der Waals surface area contributed by atoms with Crippen molar-refractivity contribution in [2.45, 2.75) is 11.4 Å². The Hall–Kier alpha value is -2.97. The van der Waals surface area contributed by atoms with Crippen LogP contribution in [0.4, 0.5) is 5.69 Å². The molecule has 8 heteroatoms. The Bertz CT molecular complexity index is 1080. The smallest absolute Gasteiger partial charge is 0.242 e. The maximum absolute atomic E-state index is 12.7. The number of morpholine rings is 1. The molecule has 0 bridgehead atoms. The van der Waals surface area contributed by atoms with Gasteiger partial charge in [0.2, 0.25) is 11.8 Å². The van der Waals surface area contributed by atoms with Crippen molar-refractivity contribution in [3.63, 3.8) is 0 Å². The molecule has 0 saturated carbocycles. The lowest BCUT2D eigenvalue weighted by Crippen LogP contribution is -2.42. The van der Waals surface area contributed by atoms with Crippen molar-refractivity contribution in [1.82, 2.24) is 9.47 Å². The Morgan fingerprint density at radius 2 is 1.84 bits per heavy atom. The summed E-state index contributed by atoms with van der Waals surface area (Å²) >= 11 is 1.46. The lowest BCUT2D eigenvalue weighted by molar-refractivity contribution is -0.135. The van der Waals surface area contributed by atoms with E-state index in [0.29, 0.717) is 37.7 Å². The summed E-state index contributed by atoms with van der Waals surface area (Å²) in [5.74, 6) is 0.841. The molecule has 31 heavy (non-hydrogen) atoms. The van der Waals surface area contributed by atoms with E-state index >= 15 is 0 Å². The van der Waals surface area contributed by atoms with Crippen LogP contribution in [-0.4, -0.2) is 60.4 Å². The van der Waals surface area contributed by atoms with E-state index in [1.54, 1.807) is 7.11 Å². The van der Waals surface area contributed by atoms with Crippen molar-refractivity contribution < 1.29 is 19.1 Å². The van der Waals surface area contributed by atoms with Gasteiger partial charge in [-0.05, 0) is 18.2 Å². The van der Waals surface area contributed by atoms with Gasteiger partial charge >= 0.3 is 0 Å². The Kier molecular flexibility index (Phi) is 6.79. The van der Waals surface area contributed by atoms with E-state index in [4.69, 9.17) is 9.47 Å². The zero-order valence-electron chi connectivity index (χ0n) is 17.4. The first-order valence-corrected chi connectivity index (χ1v) is 11.1. The number of rotatable bonds is 7. The third kappa shape index (κ3) is 5.03. The molecule has 1 aromatic heterocycles. The minimum atomic E-state index is -0.115. The van der Waals surface area contributed by atoms with Gasteiger partial charge < -0.3 is 24.3 Å². The summed E-state index contributed by atoms with van der Waals surface area (Å²) in [6.07, 6.45) is 1.96. The molecule has 0 spiro atoms. The molecule has 2 heterocycles. The molecule has 1 aliphatic heterocycles. The number of benzene rings is 2. The highest BCUT2D eigenvalue weighted by Gasteiger charge is 2.19. The minimum absolute atomic E-state index is 0.0783. The van der Waals surface area contributed by atoms with Crippen LogP contribution in [0.5, 0.6) is 5.75 Å². The number of hydrogen-bond donors (Lipinski definition) is 1. The van der Waals surface area contributed by atoms with Gasteiger partial charge in [-0.3, -0.25) is 9.59 Å². The maximum Gasteiger partial charge on any atom is 0.242 e. The average Bonchev–Trinajstić information content (AvgIpc) is 3.16. The fourth-order valence-corrected chi connectivity index (χ4v) is 4.48. The van der Waals surface area contributed by atoms with E-state index in [2.05, 4.69) is 5.32 Å². The summed E-state index contributed by atoms with van der Waals surface area (Å²) < 4.78 is 12.6. The van der Waals surface area contributed by atoms with E-state index in [-0.39, 0.29) is 24.1 Å². The monoisotopic (exact) mass is 439 g/mol. The van der Waals surface area contributed by atoms with Gasteiger partial charge in [0.1, 0.15) is 12.3 Å². The second kappa shape index (κ2) is 9.89. The van der Waals surface area contributed by atoms with Crippen molar-refractivity contribution in [3.8, 4) is 5.75 Å². The SMILES string of the molecule is COc1ccccc1NC(=O)CSc1cn(CC(=O)N2CCOCC2)c2ccccc12. The van der Waals surface area contributed by atoms with Gasteiger partial charge in [0.25, 0.3) is 0 Å². The third-order valence-corrected chi connectivity index (χ3v) is 6.20. The zero-order chi connectivity index (χ0) is 21.6. The largest absolute Gasteiger partial charge is 0.495 e. The summed E-state index contributed by atoms with van der Waals surface area (Å²) in [5.41, 5.74) is 1.63. The number of anilines is 1. The number of carbonyl (C=O) groups is 2. The van der Waals surface area contributed by atoms with Gasteiger partial charge in [0.15, 0.2) is 0 Å². The molecular weight excluding hydrogens is 414 g/mol. The number of amides is 2. The third-order valence-electron chi connectivity index (χ3n) is 5.16. The van der Waals surface area contributed by atoms with Crippen LogP contribution in [0.2, 0.25) is 0 Å². The van der Waals surface area contributed by atoms with Crippen molar-refractivity contribution >= 4 is 40.2 Å². The van der Waals surface area contributed by atoms with Crippen molar-refractivity contribution in [2.75, 3.05) is 44.5 Å². The van der Waals surface area contributed by atoms with Gasteiger partial charge in [-0.1, -0.05) is 30.3 Å². The van der Waals surface area contributed by atoms with E-state index in [0.717, 1.165) is 15.8 Å². The number of carbonyl (C=O) groups excluding carboxylic acids is 2. The zero-order valence-corrected chi connectivity index (χ0v) is 18.2. The standard InChI is InChI=1S/C23H25N3O4S/c1-29-20-9-5-3-7-18(20)24-22(27)16-31-21-14-26(19-8-4-2-6-17(19)21)15-23(28)25-10-12-30-13-11-25/h2-9,14H,10-13,15-16H2,1H3,(H,24,27). The highest BCUT2D eigenvalue weighted by Crippen LogP contribution is 2.31. The van der Waals surface area contributed by atoms with Crippen molar-refractivity contribution in [3.05, 3.63) is 54.7 Å². The van der Waals surface area contributed by atoms with E-state index in [1.165, 1.54) is 11.8 Å². The Labute approximate surface area is 185 Å². The van der Waals surface area contributed by atoms with Crippen LogP contribution in [0.15, 0.2) is 59.6 Å². The van der Waals surface area contributed by atoms with Crippen molar-refractivity contribution in [1.29, 1.82) is 0 Å². The summed E-state index contributed by atoms with van der Waals surface area (Å²) in [4.78, 5) is 28.0. The number of nitrogens with zero attached hydrogens (tertiary/aromatic N) is 2. The first-order valence-electron chi connectivity index (χ1n) is 10.1. The Balaban J connectivity index is 1.45. The molecule has 0 aliphatic carbocycles. The van der Waals surface area contributed by atoms with Gasteiger partial charge in [-0.15, -0.1) is 11.8 Å². The molecule has 1 aliphatic rings. The fourth-order valence-electron chi connectivity index (χ4n) is 3.59. The van der Waals surface area contributed by atoms with Crippen LogP contribution in [0, 0.1) is 0 Å². The number of fused-ring (bicyclic) bond motifs is 1. The predicted molar refractivity (Wildman–Crippen MR) is 122 cm³/mol. The highest BCUT2D eigenvalue weighted by atomic mass is 32.2. The molecule has 7 nitrogen and oxygen atoms in total. The molecule has 3 aromatic rings. The quantitative estimate of drug-likeness (QED) is 0.572. The van der Waals surface area contributed by atoms with Crippen LogP contribution in [-0.2, 0) is 20.9 Å². The van der Waals surface area contributed by atoms with Gasteiger partial charge in [-0.2, -0.15) is 0 Å². The average molecular weight is 440 g/mol. The predicted octanol–water partition coefficient (Wildman–Crippen LogP) is 3.24. The number of aromatic nitrogens is 1. The first-order chi connectivity index (χ1) is 15.2. The highest BCUT2D eigenvalue weighted by molar-refractivity contribution is 8.00. The molecule has 2 amide bonds. The number of nitrogens with one attached hydrogen (secondary N) is 1.